The largest absolute Gasteiger partial charge is 0.395 e. The molecule has 0 radical (unpaired) electrons. The molecule has 0 aromatic rings. The van der Waals surface area contributed by atoms with Crippen molar-refractivity contribution >= 4 is 46.7 Å². The summed E-state index contributed by atoms with van der Waals surface area (Å²) < 4.78 is 0. The van der Waals surface area contributed by atoms with Crippen LogP contribution in [-0.4, -0.2) is 57.6 Å². The number of allylic oxidation sites excluding steroid dienone is 6. The zero-order chi connectivity index (χ0) is 20.5. The van der Waals surface area contributed by atoms with Gasteiger partial charge in [0.1, 0.15) is 0 Å². The van der Waals surface area contributed by atoms with E-state index in [1.54, 1.807) is 11.8 Å². The standard InChI is InChI=1S/C21H27ClN2O3S2/c1-11-6-14-7-13(3-2-12(14)4-5-15(11)22)18(26)21-17(24-10-29-21)19(27)20-16(8-25)23-9-28-20/h5-6,13,16-17,20-21,23-25H,2-4,7-10H2,1H3/t13?,16-,17-,20?,21?/m1/s1. The molecule has 29 heavy (non-hydrogen) atoms. The van der Waals surface area contributed by atoms with Crippen molar-refractivity contribution in [3.8, 4) is 0 Å². The molecule has 8 heteroatoms. The predicted octanol–water partition coefficient (Wildman–Crippen LogP) is 2.75. The third-order valence-electron chi connectivity index (χ3n) is 6.32. The lowest BCUT2D eigenvalue weighted by Gasteiger charge is -2.29. The van der Waals surface area contributed by atoms with Gasteiger partial charge in [-0.15, -0.1) is 23.5 Å². The highest BCUT2D eigenvalue weighted by molar-refractivity contribution is 8.01. The molecule has 2 fully saturated rings. The van der Waals surface area contributed by atoms with Crippen LogP contribution in [0.4, 0.5) is 0 Å². The molecule has 5 nitrogen and oxygen atoms in total. The molecule has 2 heterocycles. The third kappa shape index (κ3) is 4.41. The number of rotatable bonds is 5. The van der Waals surface area contributed by atoms with Gasteiger partial charge in [-0.25, -0.2) is 0 Å². The summed E-state index contributed by atoms with van der Waals surface area (Å²) in [6, 6.07) is -0.689. The first kappa shape index (κ1) is 21.7. The Kier molecular flexibility index (Phi) is 6.93. The number of hydrogen-bond acceptors (Lipinski definition) is 7. The SMILES string of the molecule is CC1=CC2=C(CC=C1Cl)CCC(C(=O)C1SCN[C@@H]1C(=O)C1SCN[C@@H]1CO)C2. The number of halogens is 1. The van der Waals surface area contributed by atoms with Crippen molar-refractivity contribution in [2.24, 2.45) is 5.92 Å². The molecule has 0 aromatic carbocycles. The van der Waals surface area contributed by atoms with Gasteiger partial charge in [-0.05, 0) is 43.8 Å². The molecule has 2 saturated heterocycles. The van der Waals surface area contributed by atoms with E-state index in [1.807, 2.05) is 6.92 Å². The Labute approximate surface area is 185 Å². The van der Waals surface area contributed by atoms with Gasteiger partial charge in [0.05, 0.1) is 23.1 Å². The molecule has 0 spiro atoms. The maximum Gasteiger partial charge on any atom is 0.165 e. The summed E-state index contributed by atoms with van der Waals surface area (Å²) in [5, 5.41) is 16.1. The molecule has 0 bridgehead atoms. The first-order valence-electron chi connectivity index (χ1n) is 10.1. The van der Waals surface area contributed by atoms with Crippen LogP contribution < -0.4 is 10.6 Å². The highest BCUT2D eigenvalue weighted by atomic mass is 35.5. The Morgan fingerprint density at radius 3 is 2.76 bits per heavy atom. The van der Waals surface area contributed by atoms with Crippen LogP contribution in [0.1, 0.15) is 32.6 Å². The second kappa shape index (κ2) is 9.28. The fourth-order valence-electron chi connectivity index (χ4n) is 4.61. The van der Waals surface area contributed by atoms with Crippen molar-refractivity contribution in [1.29, 1.82) is 0 Å². The Hall–Kier alpha value is -0.570. The maximum atomic E-state index is 13.4. The van der Waals surface area contributed by atoms with Crippen LogP contribution in [0.3, 0.4) is 0 Å². The number of carbonyl (C=O) groups excluding carboxylic acids is 2. The van der Waals surface area contributed by atoms with Crippen LogP contribution in [0.25, 0.3) is 0 Å². The Bertz CT molecular complexity index is 795. The minimum absolute atomic E-state index is 0.0410. The summed E-state index contributed by atoms with van der Waals surface area (Å²) >= 11 is 9.37. The molecule has 0 amide bonds. The van der Waals surface area contributed by atoms with Crippen molar-refractivity contribution in [1.82, 2.24) is 10.6 Å². The molecule has 4 aliphatic rings. The molecule has 0 saturated carbocycles. The summed E-state index contributed by atoms with van der Waals surface area (Å²) in [4.78, 5) is 26.5. The number of ketones is 2. The first-order valence-corrected chi connectivity index (χ1v) is 12.6. The average Bonchev–Trinajstić information content (AvgIpc) is 3.38. The van der Waals surface area contributed by atoms with Gasteiger partial charge in [-0.3, -0.25) is 14.9 Å². The lowest BCUT2D eigenvalue weighted by molar-refractivity contribution is -0.127. The predicted molar refractivity (Wildman–Crippen MR) is 120 cm³/mol. The summed E-state index contributed by atoms with van der Waals surface area (Å²) in [5.74, 6) is 1.45. The van der Waals surface area contributed by atoms with E-state index in [2.05, 4.69) is 22.8 Å². The minimum atomic E-state index is -0.461. The number of aliphatic hydroxyl groups is 1. The zero-order valence-electron chi connectivity index (χ0n) is 16.4. The lowest BCUT2D eigenvalue weighted by Crippen LogP contribution is -2.51. The molecule has 5 atom stereocenters. The highest BCUT2D eigenvalue weighted by Crippen LogP contribution is 2.39. The van der Waals surface area contributed by atoms with E-state index in [4.69, 9.17) is 11.6 Å². The lowest BCUT2D eigenvalue weighted by atomic mass is 9.79. The van der Waals surface area contributed by atoms with Crippen LogP contribution in [0.5, 0.6) is 0 Å². The smallest absolute Gasteiger partial charge is 0.165 e. The second-order valence-electron chi connectivity index (χ2n) is 8.09. The number of carbonyl (C=O) groups is 2. The Balaban J connectivity index is 1.47. The fraction of sp³-hybridized carbons (Fsp3) is 0.619. The van der Waals surface area contributed by atoms with Crippen LogP contribution in [-0.2, 0) is 9.59 Å². The van der Waals surface area contributed by atoms with Gasteiger partial charge in [-0.2, -0.15) is 0 Å². The van der Waals surface area contributed by atoms with Crippen molar-refractivity contribution in [2.45, 2.75) is 55.2 Å². The zero-order valence-corrected chi connectivity index (χ0v) is 18.8. The molecule has 4 rings (SSSR count). The number of nitrogens with one attached hydrogen (secondary N) is 2. The molecule has 2 aliphatic carbocycles. The van der Waals surface area contributed by atoms with Crippen LogP contribution in [0, 0.1) is 5.92 Å². The average molecular weight is 455 g/mol. The number of thioether (sulfide) groups is 2. The maximum absolute atomic E-state index is 13.4. The number of hydrogen-bond donors (Lipinski definition) is 3. The summed E-state index contributed by atoms with van der Waals surface area (Å²) in [6.45, 7) is 1.94. The third-order valence-corrected chi connectivity index (χ3v) is 9.22. The Morgan fingerprint density at radius 1 is 1.21 bits per heavy atom. The van der Waals surface area contributed by atoms with Gasteiger partial charge in [0, 0.05) is 28.7 Å². The van der Waals surface area contributed by atoms with Crippen LogP contribution in [0.15, 0.2) is 33.9 Å². The number of Topliss-reactive ketones (excluding diaryl/α,β-unsaturated/α-hetero) is 2. The van der Waals surface area contributed by atoms with Crippen LogP contribution in [0.2, 0.25) is 0 Å². The van der Waals surface area contributed by atoms with Crippen molar-refractivity contribution in [2.75, 3.05) is 18.4 Å². The van der Waals surface area contributed by atoms with Crippen LogP contribution >= 0.6 is 35.1 Å². The summed E-state index contributed by atoms with van der Waals surface area (Å²) in [5.41, 5.74) is 3.68. The number of aliphatic hydroxyl groups excluding tert-OH is 1. The van der Waals surface area contributed by atoms with E-state index in [0.717, 1.165) is 36.3 Å². The second-order valence-corrected chi connectivity index (χ2v) is 10.8. The fourth-order valence-corrected chi connectivity index (χ4v) is 7.19. The van der Waals surface area contributed by atoms with Crippen molar-refractivity contribution < 1.29 is 14.7 Å². The van der Waals surface area contributed by atoms with Gasteiger partial charge in [0.2, 0.25) is 0 Å². The summed E-state index contributed by atoms with van der Waals surface area (Å²) in [6.07, 6.45) is 7.55. The van der Waals surface area contributed by atoms with Crippen molar-refractivity contribution in [3.05, 3.63) is 33.9 Å². The molecule has 0 aromatic heterocycles. The molecule has 158 valence electrons. The quantitative estimate of drug-likeness (QED) is 0.589. The van der Waals surface area contributed by atoms with Gasteiger partial charge >= 0.3 is 0 Å². The van der Waals surface area contributed by atoms with E-state index < -0.39 is 6.04 Å². The molecular formula is C21H27ClN2O3S2. The van der Waals surface area contributed by atoms with E-state index in [-0.39, 0.29) is 40.6 Å². The minimum Gasteiger partial charge on any atom is -0.395 e. The van der Waals surface area contributed by atoms with Crippen molar-refractivity contribution in [3.63, 3.8) is 0 Å². The van der Waals surface area contributed by atoms with E-state index in [9.17, 15) is 14.7 Å². The monoisotopic (exact) mass is 454 g/mol. The highest BCUT2D eigenvalue weighted by Gasteiger charge is 2.46. The Morgan fingerprint density at radius 2 is 1.97 bits per heavy atom. The molecule has 3 N–H and O–H groups in total. The normalized spacial score (nSPS) is 35.1. The topological polar surface area (TPSA) is 78.4 Å². The molecular weight excluding hydrogens is 428 g/mol. The molecule has 2 aliphatic heterocycles. The van der Waals surface area contributed by atoms with Gasteiger partial charge in [-0.1, -0.05) is 29.3 Å². The van der Waals surface area contributed by atoms with E-state index in [1.165, 1.54) is 22.9 Å². The molecule has 3 unspecified atom stereocenters. The van der Waals surface area contributed by atoms with E-state index >= 15 is 0 Å². The summed E-state index contributed by atoms with van der Waals surface area (Å²) in [7, 11) is 0. The van der Waals surface area contributed by atoms with Gasteiger partial charge < -0.3 is 10.4 Å². The van der Waals surface area contributed by atoms with E-state index in [0.29, 0.717) is 11.8 Å². The van der Waals surface area contributed by atoms with Gasteiger partial charge in [0.25, 0.3) is 0 Å². The first-order chi connectivity index (χ1) is 14.0. The van der Waals surface area contributed by atoms with Gasteiger partial charge in [0.15, 0.2) is 11.6 Å².